The molecule has 0 heterocycles. The molecule has 8 aliphatic carbocycles. The van der Waals surface area contributed by atoms with Crippen LogP contribution in [0.5, 0.6) is 0 Å². The van der Waals surface area contributed by atoms with E-state index in [1.54, 1.807) is 0 Å². The Balaban J connectivity index is 0.000000532. The van der Waals surface area contributed by atoms with Crippen molar-refractivity contribution < 1.29 is 40.9 Å². The molecular weight excluding hydrogens is 1150 g/mol. The van der Waals surface area contributed by atoms with E-state index < -0.39 is 0 Å². The van der Waals surface area contributed by atoms with Gasteiger partial charge in [0.05, 0.1) is 48.8 Å². The van der Waals surface area contributed by atoms with Crippen molar-refractivity contribution in [3.05, 3.63) is 0 Å². The molecule has 22 unspecified atom stereocenters. The third kappa shape index (κ3) is 36.7. The maximum Gasteiger partial charge on any atom is 0.0596 e. The molecule has 0 aromatic carbocycles. The highest BCUT2D eigenvalue weighted by Gasteiger charge is 2.34. The van der Waals surface area contributed by atoms with E-state index in [4.69, 9.17) is 0 Å². The molecule has 0 amide bonds. The zero-order chi connectivity index (χ0) is 69.7. The molecule has 0 radical (unpaired) electrons. The molecule has 8 rings (SSSR count). The van der Waals surface area contributed by atoms with Crippen molar-refractivity contribution in [2.45, 2.75) is 449 Å². The summed E-state index contributed by atoms with van der Waals surface area (Å²) >= 11 is 0. The fourth-order valence-corrected chi connectivity index (χ4v) is 19.0. The minimum Gasteiger partial charge on any atom is -0.393 e. The van der Waals surface area contributed by atoms with Crippen LogP contribution in [0.1, 0.15) is 400 Å². The van der Waals surface area contributed by atoms with E-state index >= 15 is 0 Å². The number of hydrogen-bond donors (Lipinski definition) is 8. The Kier molecular flexibility index (Phi) is 54.0. The Morgan fingerprint density at radius 3 is 1.12 bits per heavy atom. The molecule has 0 aromatic rings. The molecular formula is C85H170O8. The third-order valence-electron chi connectivity index (χ3n) is 25.9. The van der Waals surface area contributed by atoms with E-state index in [2.05, 4.69) is 111 Å². The monoisotopic (exact) mass is 1320 g/mol. The molecule has 22 atom stereocenters. The van der Waals surface area contributed by atoms with E-state index in [-0.39, 0.29) is 48.8 Å². The number of aliphatic hydroxyl groups excluding tert-OH is 8. The van der Waals surface area contributed by atoms with E-state index in [0.717, 1.165) is 143 Å². The first-order chi connectivity index (χ1) is 44.7. The summed E-state index contributed by atoms with van der Waals surface area (Å²) in [7, 11) is 0. The van der Waals surface area contributed by atoms with Crippen LogP contribution < -0.4 is 0 Å². The number of hydrogen-bond acceptors (Lipinski definition) is 8. The Bertz CT molecular complexity index is 1610. The number of unbranched alkanes of at least 4 members (excludes halogenated alkanes) is 1. The van der Waals surface area contributed by atoms with Crippen molar-refractivity contribution in [3.8, 4) is 0 Å². The lowest BCUT2D eigenvalue weighted by molar-refractivity contribution is 0.0144. The van der Waals surface area contributed by atoms with Crippen LogP contribution in [-0.4, -0.2) is 89.7 Å². The molecule has 8 aliphatic rings. The van der Waals surface area contributed by atoms with E-state index in [9.17, 15) is 40.9 Å². The van der Waals surface area contributed by atoms with Gasteiger partial charge < -0.3 is 40.9 Å². The van der Waals surface area contributed by atoms with Crippen LogP contribution in [0.3, 0.4) is 0 Å². The first-order valence-corrected chi connectivity index (χ1v) is 42.2. The van der Waals surface area contributed by atoms with E-state index in [0.29, 0.717) is 41.4 Å². The van der Waals surface area contributed by atoms with Gasteiger partial charge in [0.1, 0.15) is 0 Å². The van der Waals surface area contributed by atoms with Crippen LogP contribution in [0, 0.1) is 94.7 Å². The smallest absolute Gasteiger partial charge is 0.0596 e. The summed E-state index contributed by atoms with van der Waals surface area (Å²) in [4.78, 5) is 0. The van der Waals surface area contributed by atoms with Gasteiger partial charge in [0, 0.05) is 0 Å². The second-order valence-electron chi connectivity index (χ2n) is 32.4. The van der Waals surface area contributed by atoms with Crippen LogP contribution >= 0.6 is 0 Å². The fourth-order valence-electron chi connectivity index (χ4n) is 19.0. The number of aliphatic hydroxyl groups is 8. The molecule has 0 saturated heterocycles. The predicted octanol–water partition coefficient (Wildman–Crippen LogP) is 22.6. The van der Waals surface area contributed by atoms with Gasteiger partial charge in [0.25, 0.3) is 0 Å². The van der Waals surface area contributed by atoms with E-state index in [1.165, 1.54) is 199 Å². The van der Waals surface area contributed by atoms with Crippen LogP contribution in [0.4, 0.5) is 0 Å². The second-order valence-corrected chi connectivity index (χ2v) is 32.4. The van der Waals surface area contributed by atoms with Crippen LogP contribution in [-0.2, 0) is 0 Å². The normalized spacial score (nSPS) is 37.5. The molecule has 0 spiro atoms. The highest BCUT2D eigenvalue weighted by Crippen LogP contribution is 2.40. The van der Waals surface area contributed by atoms with Crippen molar-refractivity contribution in [1.82, 2.24) is 0 Å². The van der Waals surface area contributed by atoms with Crippen molar-refractivity contribution in [2.24, 2.45) is 94.7 Å². The summed E-state index contributed by atoms with van der Waals surface area (Å²) in [6.45, 7) is 35.6. The lowest BCUT2D eigenvalue weighted by Gasteiger charge is -2.34. The molecule has 8 heteroatoms. The summed E-state index contributed by atoms with van der Waals surface area (Å²) < 4.78 is 0. The molecule has 8 saturated carbocycles. The summed E-state index contributed by atoms with van der Waals surface area (Å²) in [5.41, 5.74) is 0. The van der Waals surface area contributed by atoms with Gasteiger partial charge in [-0.15, -0.1) is 0 Å². The van der Waals surface area contributed by atoms with Gasteiger partial charge in [-0.05, 0) is 236 Å². The van der Waals surface area contributed by atoms with Crippen LogP contribution in [0.15, 0.2) is 0 Å². The first-order valence-electron chi connectivity index (χ1n) is 42.2. The molecule has 8 N–H and O–H groups in total. The van der Waals surface area contributed by atoms with Crippen LogP contribution in [0.25, 0.3) is 0 Å². The van der Waals surface area contributed by atoms with Gasteiger partial charge in [-0.2, -0.15) is 0 Å². The van der Waals surface area contributed by atoms with Crippen LogP contribution in [0.2, 0.25) is 0 Å². The second kappa shape index (κ2) is 55.4. The Labute approximate surface area is 581 Å². The predicted molar refractivity (Wildman–Crippen MR) is 402 cm³/mol. The molecule has 0 aliphatic heterocycles. The van der Waals surface area contributed by atoms with Crippen molar-refractivity contribution in [1.29, 1.82) is 0 Å². The quantitative estimate of drug-likeness (QED) is 0.0563. The van der Waals surface area contributed by atoms with Gasteiger partial charge in [-0.3, -0.25) is 0 Å². The largest absolute Gasteiger partial charge is 0.393 e. The zero-order valence-electron chi connectivity index (χ0n) is 65.3. The summed E-state index contributed by atoms with van der Waals surface area (Å²) in [5.74, 6) is 11.7. The Hall–Kier alpha value is -0.320. The summed E-state index contributed by atoms with van der Waals surface area (Å²) in [6.07, 6.45) is 54.8. The maximum atomic E-state index is 9.97. The topological polar surface area (TPSA) is 162 Å². The average molecular weight is 1320 g/mol. The summed E-state index contributed by atoms with van der Waals surface area (Å²) in [6, 6.07) is 0. The van der Waals surface area contributed by atoms with E-state index in [1.807, 2.05) is 0 Å². The van der Waals surface area contributed by atoms with Crippen molar-refractivity contribution in [2.75, 3.05) is 0 Å². The molecule has 8 fully saturated rings. The minimum atomic E-state index is -0.00125. The number of rotatable bonds is 21. The Morgan fingerprint density at radius 1 is 0.215 bits per heavy atom. The molecule has 558 valence electrons. The SMILES string of the molecule is CCC1CC(O)CC(CC)C1.CCC1CCC(CC)C(O)C1.CCC1CCC(O)C(CC)C1.CCC1CCC(O)CC1CC.CCC1CCCC(CC)C1O.CCC1CCCC(O)C1CC.CCCC1CCC(O)C(CCC)C1.CCCCC1CCC(CCC)C(O)C1. The molecule has 0 bridgehead atoms. The third-order valence-corrected chi connectivity index (χ3v) is 25.9. The Morgan fingerprint density at radius 2 is 0.634 bits per heavy atom. The average Bonchev–Trinajstić information content (AvgIpc) is 2.97. The lowest BCUT2D eigenvalue weighted by atomic mass is 9.75. The van der Waals surface area contributed by atoms with Crippen molar-refractivity contribution in [3.63, 3.8) is 0 Å². The lowest BCUT2D eigenvalue weighted by Crippen LogP contribution is -2.32. The van der Waals surface area contributed by atoms with Gasteiger partial charge in [0.2, 0.25) is 0 Å². The zero-order valence-corrected chi connectivity index (χ0v) is 65.3. The summed E-state index contributed by atoms with van der Waals surface area (Å²) in [5, 5.41) is 77.4. The van der Waals surface area contributed by atoms with Gasteiger partial charge >= 0.3 is 0 Å². The standard InChI is InChI=1S/C13H26O.C12H24O.6C10H20O/c1-3-5-7-11-8-9-12(6-4-2)13(14)10-11;1-3-5-10-7-8-12(13)11(9-10)6-4-2;1-3-8-5-9(4-2)7-10(11)6-8;1-3-8-5-6-10(11)7-9(8)4-2;1-3-8-5-6-10(11)9(4-2)7-8;1-3-8-5-6-9(4-2)10(11)7-8;1-3-8-6-5-7-10(11)9(8)4-2;1-3-8-6-5-7-9(4-2)10(8)11/h11-14H,3-10H2,1-2H3;10-13H,3-9H2,1-2H3;6*8-11H,3-7H2,1-2H3. The molecule has 8 nitrogen and oxygen atoms in total. The first kappa shape index (κ1) is 90.7. The molecule has 93 heavy (non-hydrogen) atoms. The molecule has 0 aromatic heterocycles. The van der Waals surface area contributed by atoms with Gasteiger partial charge in [-0.25, -0.2) is 0 Å². The van der Waals surface area contributed by atoms with Gasteiger partial charge in [0.15, 0.2) is 0 Å². The highest BCUT2D eigenvalue weighted by atomic mass is 16.3. The fraction of sp³-hybridized carbons (Fsp3) is 1.00. The van der Waals surface area contributed by atoms with Gasteiger partial charge in [-0.1, -0.05) is 258 Å². The van der Waals surface area contributed by atoms with Crippen molar-refractivity contribution >= 4 is 0 Å². The minimum absolute atomic E-state index is 0.00116. The maximum absolute atomic E-state index is 9.97. The highest BCUT2D eigenvalue weighted by molar-refractivity contribution is 4.85.